The highest BCUT2D eigenvalue weighted by atomic mass is 19.1. The third kappa shape index (κ3) is 4.03. The lowest BCUT2D eigenvalue weighted by Gasteiger charge is -2.23. The van der Waals surface area contributed by atoms with Crippen LogP contribution in [-0.4, -0.2) is 37.5 Å². The first-order valence-corrected chi connectivity index (χ1v) is 5.18. The van der Waals surface area contributed by atoms with Crippen LogP contribution >= 0.6 is 0 Å². The summed E-state index contributed by atoms with van der Waals surface area (Å²) in [5.74, 6) is -0.141. The van der Waals surface area contributed by atoms with E-state index < -0.39 is 18.4 Å². The highest BCUT2D eigenvalue weighted by Gasteiger charge is 2.29. The van der Waals surface area contributed by atoms with E-state index in [9.17, 15) is 9.18 Å². The molecule has 0 aromatic heterocycles. The number of carbonyl (C=O) groups excluding carboxylic acids is 1. The van der Waals surface area contributed by atoms with Crippen molar-refractivity contribution in [3.05, 3.63) is 0 Å². The van der Waals surface area contributed by atoms with Crippen molar-refractivity contribution in [1.29, 1.82) is 0 Å². The number of alkyl halides is 1. The van der Waals surface area contributed by atoms with E-state index in [1.807, 2.05) is 0 Å². The molecule has 0 saturated carbocycles. The molecule has 5 heteroatoms. The molecule has 4 nitrogen and oxygen atoms in total. The largest absolute Gasteiger partial charge is 0.444 e. The Hall–Kier alpha value is -0.840. The summed E-state index contributed by atoms with van der Waals surface area (Å²) in [4.78, 5) is 11.4. The van der Waals surface area contributed by atoms with Gasteiger partial charge in [0.25, 0.3) is 0 Å². The molecule has 1 rings (SSSR count). The van der Waals surface area contributed by atoms with Gasteiger partial charge in [-0.25, -0.2) is 4.79 Å². The minimum absolute atomic E-state index is 0.141. The molecule has 1 aliphatic rings. The minimum Gasteiger partial charge on any atom is -0.444 e. The van der Waals surface area contributed by atoms with Crippen LogP contribution in [0.1, 0.15) is 20.8 Å². The summed E-state index contributed by atoms with van der Waals surface area (Å²) >= 11 is 0. The van der Waals surface area contributed by atoms with Gasteiger partial charge in [-0.3, -0.25) is 4.39 Å². The Morgan fingerprint density at radius 2 is 2.20 bits per heavy atom. The van der Waals surface area contributed by atoms with Crippen LogP contribution in [0.3, 0.4) is 0 Å². The fraction of sp³-hybridized carbons (Fsp3) is 0.900. The molecule has 88 valence electrons. The first-order valence-electron chi connectivity index (χ1n) is 5.18. The molecule has 1 saturated heterocycles. The predicted molar refractivity (Wildman–Crippen MR) is 55.5 cm³/mol. The molecule has 1 heterocycles. The molecule has 2 atom stereocenters. The first-order chi connectivity index (χ1) is 6.92. The smallest absolute Gasteiger partial charge is 0.407 e. The van der Waals surface area contributed by atoms with Crippen molar-refractivity contribution in [3.63, 3.8) is 0 Å². The van der Waals surface area contributed by atoms with Gasteiger partial charge in [0.05, 0.1) is 12.7 Å². The Morgan fingerprint density at radius 1 is 1.53 bits per heavy atom. The molecule has 0 bridgehead atoms. The summed E-state index contributed by atoms with van der Waals surface area (Å²) in [5.41, 5.74) is -0.513. The van der Waals surface area contributed by atoms with Gasteiger partial charge < -0.3 is 15.4 Å². The normalized spacial score (nSPS) is 26.4. The Labute approximate surface area is 89.6 Å². The van der Waals surface area contributed by atoms with Crippen molar-refractivity contribution in [3.8, 4) is 0 Å². The van der Waals surface area contributed by atoms with Gasteiger partial charge in [0.2, 0.25) is 0 Å². The van der Waals surface area contributed by atoms with Gasteiger partial charge >= 0.3 is 6.09 Å². The number of hydrogen-bond donors (Lipinski definition) is 2. The highest BCUT2D eigenvalue weighted by Crippen LogP contribution is 2.11. The molecule has 1 aliphatic heterocycles. The summed E-state index contributed by atoms with van der Waals surface area (Å²) in [6, 6.07) is -0.162. The number of amides is 1. The maximum Gasteiger partial charge on any atom is 0.407 e. The molecular formula is C10H19FN2O2. The topological polar surface area (TPSA) is 50.4 Å². The van der Waals surface area contributed by atoms with E-state index in [1.54, 1.807) is 20.8 Å². The van der Waals surface area contributed by atoms with Crippen molar-refractivity contribution in [1.82, 2.24) is 10.6 Å². The summed E-state index contributed by atoms with van der Waals surface area (Å²) < 4.78 is 17.6. The van der Waals surface area contributed by atoms with E-state index in [0.717, 1.165) is 0 Å². The predicted octanol–water partition coefficient (Wildman–Crippen LogP) is 1.07. The van der Waals surface area contributed by atoms with E-state index in [2.05, 4.69) is 10.6 Å². The zero-order chi connectivity index (χ0) is 11.5. The van der Waals surface area contributed by atoms with Gasteiger partial charge in [-0.2, -0.15) is 0 Å². The number of carbonyl (C=O) groups is 1. The van der Waals surface area contributed by atoms with Gasteiger partial charge in [-0.15, -0.1) is 0 Å². The van der Waals surface area contributed by atoms with Gasteiger partial charge in [0.1, 0.15) is 5.60 Å². The summed E-state index contributed by atoms with van der Waals surface area (Å²) in [6.07, 6.45) is -0.477. The fourth-order valence-electron chi connectivity index (χ4n) is 1.52. The standard InChI is InChI=1S/C10H19FN2O2/c1-10(2,3)15-9(14)13-8-6-12-5-7(8)4-11/h7-8,12H,4-6H2,1-3H3,(H,13,14)/t7-,8?/m0/s1. The van der Waals surface area contributed by atoms with Crippen LogP contribution < -0.4 is 10.6 Å². The molecule has 2 N–H and O–H groups in total. The molecule has 1 unspecified atom stereocenters. The number of halogens is 1. The number of ether oxygens (including phenoxy) is 1. The minimum atomic E-state index is -0.513. The second-order valence-corrected chi connectivity index (χ2v) is 4.83. The Morgan fingerprint density at radius 3 is 2.73 bits per heavy atom. The van der Waals surface area contributed by atoms with E-state index in [4.69, 9.17) is 4.74 Å². The van der Waals surface area contributed by atoms with Crippen LogP contribution in [0.5, 0.6) is 0 Å². The van der Waals surface area contributed by atoms with E-state index in [0.29, 0.717) is 13.1 Å². The van der Waals surface area contributed by atoms with Gasteiger partial charge in [0.15, 0.2) is 0 Å². The fourth-order valence-corrected chi connectivity index (χ4v) is 1.52. The van der Waals surface area contributed by atoms with Crippen LogP contribution in [0.4, 0.5) is 9.18 Å². The Kier molecular flexibility index (Phi) is 3.90. The van der Waals surface area contributed by atoms with Crippen LogP contribution in [-0.2, 0) is 4.74 Å². The monoisotopic (exact) mass is 218 g/mol. The van der Waals surface area contributed by atoms with Crippen LogP contribution in [0.15, 0.2) is 0 Å². The zero-order valence-corrected chi connectivity index (χ0v) is 9.47. The van der Waals surface area contributed by atoms with Crippen molar-refractivity contribution >= 4 is 6.09 Å². The average molecular weight is 218 g/mol. The average Bonchev–Trinajstić information content (AvgIpc) is 2.48. The van der Waals surface area contributed by atoms with Crippen LogP contribution in [0.25, 0.3) is 0 Å². The maximum atomic E-state index is 12.5. The Bertz CT molecular complexity index is 228. The molecule has 1 fully saturated rings. The quantitative estimate of drug-likeness (QED) is 0.729. The third-order valence-electron chi connectivity index (χ3n) is 2.24. The number of rotatable bonds is 2. The molecule has 0 aromatic carbocycles. The lowest BCUT2D eigenvalue weighted by molar-refractivity contribution is 0.0494. The van der Waals surface area contributed by atoms with Crippen molar-refractivity contribution in [2.75, 3.05) is 19.8 Å². The van der Waals surface area contributed by atoms with E-state index in [-0.39, 0.29) is 12.0 Å². The van der Waals surface area contributed by atoms with Gasteiger partial charge in [-0.05, 0) is 20.8 Å². The molecule has 15 heavy (non-hydrogen) atoms. The lowest BCUT2D eigenvalue weighted by Crippen LogP contribution is -2.43. The maximum absolute atomic E-state index is 12.5. The number of hydrogen-bond acceptors (Lipinski definition) is 3. The second kappa shape index (κ2) is 4.79. The van der Waals surface area contributed by atoms with Crippen molar-refractivity contribution < 1.29 is 13.9 Å². The SMILES string of the molecule is CC(C)(C)OC(=O)NC1CNC[C@@H]1CF. The summed E-state index contributed by atoms with van der Waals surface area (Å²) in [6.45, 7) is 6.18. The summed E-state index contributed by atoms with van der Waals surface area (Å²) in [5, 5.41) is 5.70. The van der Waals surface area contributed by atoms with Crippen molar-refractivity contribution in [2.24, 2.45) is 5.92 Å². The third-order valence-corrected chi connectivity index (χ3v) is 2.24. The first kappa shape index (κ1) is 12.2. The number of nitrogens with one attached hydrogen (secondary N) is 2. The Balaban J connectivity index is 2.37. The lowest BCUT2D eigenvalue weighted by atomic mass is 10.1. The molecular weight excluding hydrogens is 199 g/mol. The molecule has 0 spiro atoms. The van der Waals surface area contributed by atoms with Crippen LogP contribution in [0.2, 0.25) is 0 Å². The second-order valence-electron chi connectivity index (χ2n) is 4.83. The van der Waals surface area contributed by atoms with Crippen LogP contribution in [0, 0.1) is 5.92 Å². The zero-order valence-electron chi connectivity index (χ0n) is 9.47. The van der Waals surface area contributed by atoms with Crippen molar-refractivity contribution in [2.45, 2.75) is 32.4 Å². The van der Waals surface area contributed by atoms with E-state index >= 15 is 0 Å². The summed E-state index contributed by atoms with van der Waals surface area (Å²) in [7, 11) is 0. The number of alkyl carbamates (subject to hydrolysis) is 1. The molecule has 1 amide bonds. The van der Waals surface area contributed by atoms with E-state index in [1.165, 1.54) is 0 Å². The van der Waals surface area contributed by atoms with Gasteiger partial charge in [0, 0.05) is 19.0 Å². The molecule has 0 aliphatic carbocycles. The van der Waals surface area contributed by atoms with Gasteiger partial charge in [-0.1, -0.05) is 0 Å². The molecule has 0 radical (unpaired) electrons. The highest BCUT2D eigenvalue weighted by molar-refractivity contribution is 5.68. The molecule has 0 aromatic rings.